The molecule has 1 rings (SSSR count). The third-order valence-corrected chi connectivity index (χ3v) is 2.16. The highest BCUT2D eigenvalue weighted by Gasteiger charge is 2.13. The van der Waals surface area contributed by atoms with Crippen LogP contribution in [-0.2, 0) is 0 Å². The minimum absolute atomic E-state index is 0.165. The maximum atomic E-state index is 9.24. The Morgan fingerprint density at radius 1 is 1.57 bits per heavy atom. The van der Waals surface area contributed by atoms with Gasteiger partial charge in [0.1, 0.15) is 0 Å². The summed E-state index contributed by atoms with van der Waals surface area (Å²) in [5, 5.41) is 12.3. The zero-order valence-electron chi connectivity index (χ0n) is 8.70. The Morgan fingerprint density at radius 3 is 2.79 bits per heavy atom. The zero-order chi connectivity index (χ0) is 10.6. The molecular weight excluding hydrogens is 175 g/mol. The van der Waals surface area contributed by atoms with Crippen LogP contribution in [0.3, 0.4) is 0 Å². The molecule has 3 nitrogen and oxygen atoms in total. The van der Waals surface area contributed by atoms with E-state index in [1.54, 1.807) is 6.82 Å². The predicted molar refractivity (Wildman–Crippen MR) is 60.9 cm³/mol. The molecule has 0 saturated heterocycles. The molecule has 1 unspecified atom stereocenters. The van der Waals surface area contributed by atoms with Gasteiger partial charge in [-0.2, -0.15) is 0 Å². The van der Waals surface area contributed by atoms with Gasteiger partial charge >= 0.3 is 7.05 Å². The van der Waals surface area contributed by atoms with E-state index in [-0.39, 0.29) is 6.04 Å². The Labute approximate surface area is 85.5 Å². The fourth-order valence-electron chi connectivity index (χ4n) is 1.52. The Kier molecular flexibility index (Phi) is 3.98. The van der Waals surface area contributed by atoms with E-state index < -0.39 is 7.05 Å². The Bertz CT molecular complexity index is 291. The highest BCUT2D eigenvalue weighted by Crippen LogP contribution is 2.18. The normalized spacial score (nSPS) is 12.5. The summed E-state index contributed by atoms with van der Waals surface area (Å²) >= 11 is 0. The quantitative estimate of drug-likeness (QED) is 0.499. The SMILES string of the molecule is CCC(NB(C)O)c1cccc(N)c1. The average molecular weight is 192 g/mol. The topological polar surface area (TPSA) is 58.3 Å². The number of anilines is 1. The minimum atomic E-state index is -0.499. The van der Waals surface area contributed by atoms with Crippen molar-refractivity contribution in [1.29, 1.82) is 0 Å². The molecular formula is C10H17BN2O. The van der Waals surface area contributed by atoms with E-state index in [2.05, 4.69) is 12.2 Å². The van der Waals surface area contributed by atoms with Gasteiger partial charge in [-0.05, 0) is 30.9 Å². The van der Waals surface area contributed by atoms with Gasteiger partial charge in [-0.3, -0.25) is 0 Å². The molecule has 0 aromatic heterocycles. The molecule has 4 N–H and O–H groups in total. The lowest BCUT2D eigenvalue weighted by Crippen LogP contribution is -2.34. The van der Waals surface area contributed by atoms with Crippen molar-refractivity contribution in [3.63, 3.8) is 0 Å². The van der Waals surface area contributed by atoms with Crippen LogP contribution in [0.5, 0.6) is 0 Å². The minimum Gasteiger partial charge on any atom is -0.437 e. The number of nitrogens with two attached hydrogens (primary N) is 1. The lowest BCUT2D eigenvalue weighted by Gasteiger charge is -2.18. The molecule has 0 fully saturated rings. The van der Waals surface area contributed by atoms with Crippen molar-refractivity contribution in [3.8, 4) is 0 Å². The van der Waals surface area contributed by atoms with E-state index in [1.807, 2.05) is 24.3 Å². The van der Waals surface area contributed by atoms with Crippen molar-refractivity contribution in [2.75, 3.05) is 5.73 Å². The first-order valence-corrected chi connectivity index (χ1v) is 4.93. The molecule has 0 aliphatic heterocycles. The molecule has 0 bridgehead atoms. The lowest BCUT2D eigenvalue weighted by molar-refractivity contribution is 0.516. The van der Waals surface area contributed by atoms with Crippen molar-refractivity contribution in [2.45, 2.75) is 26.2 Å². The molecule has 0 aliphatic carbocycles. The molecule has 1 atom stereocenters. The molecule has 0 saturated carbocycles. The van der Waals surface area contributed by atoms with Crippen LogP contribution in [-0.4, -0.2) is 12.1 Å². The number of nitrogen functional groups attached to an aromatic ring is 1. The van der Waals surface area contributed by atoms with Gasteiger partial charge in [0.25, 0.3) is 0 Å². The van der Waals surface area contributed by atoms with Crippen LogP contribution >= 0.6 is 0 Å². The Hall–Kier alpha value is -0.995. The maximum Gasteiger partial charge on any atom is 0.374 e. The number of benzene rings is 1. The van der Waals surface area contributed by atoms with Gasteiger partial charge < -0.3 is 16.0 Å². The molecule has 76 valence electrons. The Balaban J connectivity index is 2.78. The maximum absolute atomic E-state index is 9.24. The lowest BCUT2D eigenvalue weighted by atomic mass is 9.85. The predicted octanol–water partition coefficient (Wildman–Crippen LogP) is 1.42. The van der Waals surface area contributed by atoms with Gasteiger partial charge in [-0.25, -0.2) is 0 Å². The van der Waals surface area contributed by atoms with Gasteiger partial charge in [0.2, 0.25) is 0 Å². The molecule has 0 heterocycles. The molecule has 0 aliphatic rings. The number of hydrogen-bond donors (Lipinski definition) is 3. The summed E-state index contributed by atoms with van der Waals surface area (Å²) in [7, 11) is -0.499. The van der Waals surface area contributed by atoms with Crippen LogP contribution in [0.15, 0.2) is 24.3 Å². The number of rotatable bonds is 4. The highest BCUT2D eigenvalue weighted by molar-refractivity contribution is 6.45. The standard InChI is InChI=1S/C10H17BN2O/c1-3-10(13-11(2)14)8-5-4-6-9(12)7-8/h4-7,10,13-14H,3,12H2,1-2H3. The first-order valence-electron chi connectivity index (χ1n) is 4.93. The first-order chi connectivity index (χ1) is 6.63. The van der Waals surface area contributed by atoms with E-state index >= 15 is 0 Å². The van der Waals surface area contributed by atoms with Crippen molar-refractivity contribution in [1.82, 2.24) is 5.23 Å². The average Bonchev–Trinajstić information content (AvgIpc) is 2.14. The van der Waals surface area contributed by atoms with Crippen LogP contribution in [0.25, 0.3) is 0 Å². The van der Waals surface area contributed by atoms with Crippen molar-refractivity contribution >= 4 is 12.7 Å². The number of nitrogens with one attached hydrogen (secondary N) is 1. The summed E-state index contributed by atoms with van der Waals surface area (Å²) in [4.78, 5) is 0. The third kappa shape index (κ3) is 3.05. The summed E-state index contributed by atoms with van der Waals surface area (Å²) in [6.45, 7) is 3.79. The van der Waals surface area contributed by atoms with Crippen LogP contribution in [0.4, 0.5) is 5.69 Å². The molecule has 0 spiro atoms. The molecule has 4 heteroatoms. The summed E-state index contributed by atoms with van der Waals surface area (Å²) in [5.41, 5.74) is 7.57. The van der Waals surface area contributed by atoms with E-state index in [9.17, 15) is 5.02 Å². The summed E-state index contributed by atoms with van der Waals surface area (Å²) < 4.78 is 0. The summed E-state index contributed by atoms with van der Waals surface area (Å²) in [6.07, 6.45) is 0.925. The second-order valence-corrected chi connectivity index (χ2v) is 3.47. The van der Waals surface area contributed by atoms with Crippen molar-refractivity contribution in [3.05, 3.63) is 29.8 Å². The van der Waals surface area contributed by atoms with Crippen LogP contribution in [0, 0.1) is 0 Å². The largest absolute Gasteiger partial charge is 0.437 e. The fraction of sp³-hybridized carbons (Fsp3) is 0.400. The van der Waals surface area contributed by atoms with Gasteiger partial charge in [0.05, 0.1) is 0 Å². The summed E-state index contributed by atoms with van der Waals surface area (Å²) in [6, 6.07) is 7.90. The van der Waals surface area contributed by atoms with Crippen molar-refractivity contribution < 1.29 is 5.02 Å². The van der Waals surface area contributed by atoms with E-state index in [1.165, 1.54) is 0 Å². The van der Waals surface area contributed by atoms with Gasteiger partial charge in [0, 0.05) is 11.7 Å². The third-order valence-electron chi connectivity index (χ3n) is 2.16. The smallest absolute Gasteiger partial charge is 0.374 e. The van der Waals surface area contributed by atoms with Gasteiger partial charge in [-0.1, -0.05) is 19.1 Å². The highest BCUT2D eigenvalue weighted by atomic mass is 16.2. The first kappa shape index (κ1) is 11.1. The van der Waals surface area contributed by atoms with Gasteiger partial charge in [0.15, 0.2) is 0 Å². The zero-order valence-corrected chi connectivity index (χ0v) is 8.70. The molecule has 0 radical (unpaired) electrons. The van der Waals surface area contributed by atoms with Crippen LogP contribution in [0.2, 0.25) is 6.82 Å². The van der Waals surface area contributed by atoms with E-state index in [4.69, 9.17) is 5.73 Å². The van der Waals surface area contributed by atoms with Crippen LogP contribution < -0.4 is 11.0 Å². The second kappa shape index (κ2) is 5.03. The van der Waals surface area contributed by atoms with Gasteiger partial charge in [-0.15, -0.1) is 0 Å². The molecule has 0 amide bonds. The molecule has 14 heavy (non-hydrogen) atoms. The number of hydrogen-bond acceptors (Lipinski definition) is 3. The van der Waals surface area contributed by atoms with E-state index in [0.717, 1.165) is 17.7 Å². The fourth-order valence-corrected chi connectivity index (χ4v) is 1.52. The molecule has 1 aromatic rings. The van der Waals surface area contributed by atoms with Crippen molar-refractivity contribution in [2.24, 2.45) is 0 Å². The second-order valence-electron chi connectivity index (χ2n) is 3.47. The van der Waals surface area contributed by atoms with E-state index in [0.29, 0.717) is 0 Å². The molecule has 1 aromatic carbocycles. The van der Waals surface area contributed by atoms with Crippen LogP contribution in [0.1, 0.15) is 24.9 Å². The Morgan fingerprint density at radius 2 is 2.29 bits per heavy atom. The summed E-state index contributed by atoms with van der Waals surface area (Å²) in [5.74, 6) is 0. The monoisotopic (exact) mass is 192 g/mol.